The molecule has 0 radical (unpaired) electrons. The van der Waals surface area contributed by atoms with Crippen LogP contribution >= 0.6 is 12.4 Å². The minimum atomic E-state index is -0.770. The molecule has 4 N–H and O–H groups in total. The number of nitrogens with two attached hydrogens (primary N) is 1. The molecular formula is C16H27ClN2O3. The maximum absolute atomic E-state index is 12.3. The molecule has 126 valence electrons. The van der Waals surface area contributed by atoms with E-state index in [1.54, 1.807) is 19.2 Å². The number of hydrogen-bond acceptors (Lipinski definition) is 4. The molecule has 1 aromatic carbocycles. The molecule has 1 amide bonds. The van der Waals surface area contributed by atoms with Gasteiger partial charge in [0.15, 0.2) is 0 Å². The highest BCUT2D eigenvalue weighted by molar-refractivity contribution is 5.85. The number of carbonyl (C=O) groups excluding carboxylic acids is 1. The topological polar surface area (TPSA) is 84.6 Å². The van der Waals surface area contributed by atoms with Gasteiger partial charge in [-0.1, -0.05) is 26.0 Å². The summed E-state index contributed by atoms with van der Waals surface area (Å²) in [7, 11) is 1.57. The summed E-state index contributed by atoms with van der Waals surface area (Å²) in [6, 6.07) is 7.17. The molecule has 0 aliphatic rings. The Balaban J connectivity index is 0.00000441. The average Bonchev–Trinajstić information content (AvgIpc) is 2.54. The van der Waals surface area contributed by atoms with E-state index in [1.165, 1.54) is 0 Å². The predicted octanol–water partition coefficient (Wildman–Crippen LogP) is 2.03. The number of aliphatic hydroxyl groups excluding tert-OH is 1. The van der Waals surface area contributed by atoms with Crippen LogP contribution in [0.1, 0.15) is 38.4 Å². The molecule has 0 saturated carbocycles. The molecule has 1 unspecified atom stereocenters. The largest absolute Gasteiger partial charge is 0.497 e. The van der Waals surface area contributed by atoms with Crippen LogP contribution in [0, 0.1) is 5.41 Å². The molecule has 0 spiro atoms. The third kappa shape index (κ3) is 4.87. The number of hydrogen-bond donors (Lipinski definition) is 3. The zero-order chi connectivity index (χ0) is 15.9. The highest BCUT2D eigenvalue weighted by Gasteiger charge is 2.33. The van der Waals surface area contributed by atoms with E-state index < -0.39 is 11.5 Å². The Bertz CT molecular complexity index is 456. The van der Waals surface area contributed by atoms with Gasteiger partial charge in [-0.15, -0.1) is 12.4 Å². The van der Waals surface area contributed by atoms with Crippen molar-refractivity contribution in [3.05, 3.63) is 29.8 Å². The van der Waals surface area contributed by atoms with E-state index in [1.807, 2.05) is 26.0 Å². The summed E-state index contributed by atoms with van der Waals surface area (Å²) in [5.74, 6) is 0.577. The lowest BCUT2D eigenvalue weighted by Gasteiger charge is -2.29. The van der Waals surface area contributed by atoms with E-state index in [4.69, 9.17) is 10.5 Å². The standard InChI is InChI=1S/C16H26N2O3.ClH/c1-4-16(5-2,11-17)15(20)18-10-14(19)12-7-6-8-13(9-12)21-3;/h6-9,14,19H,4-5,10-11,17H2,1-3H3,(H,18,20);1H. The van der Waals surface area contributed by atoms with Crippen LogP contribution in [0.5, 0.6) is 5.75 Å². The number of nitrogens with one attached hydrogen (secondary N) is 1. The maximum Gasteiger partial charge on any atom is 0.227 e. The lowest BCUT2D eigenvalue weighted by atomic mass is 9.81. The van der Waals surface area contributed by atoms with Gasteiger partial charge in [-0.05, 0) is 30.5 Å². The van der Waals surface area contributed by atoms with Gasteiger partial charge in [0.2, 0.25) is 5.91 Å². The van der Waals surface area contributed by atoms with Gasteiger partial charge < -0.3 is 20.9 Å². The number of methoxy groups -OCH3 is 1. The van der Waals surface area contributed by atoms with Crippen LogP contribution in [0.2, 0.25) is 0 Å². The van der Waals surface area contributed by atoms with Gasteiger partial charge >= 0.3 is 0 Å². The molecule has 0 bridgehead atoms. The Morgan fingerprint density at radius 3 is 2.55 bits per heavy atom. The summed E-state index contributed by atoms with van der Waals surface area (Å²) < 4.78 is 5.12. The van der Waals surface area contributed by atoms with Crippen LogP contribution in [0.4, 0.5) is 0 Å². The van der Waals surface area contributed by atoms with Crippen LogP contribution in [-0.4, -0.2) is 31.2 Å². The quantitative estimate of drug-likeness (QED) is 0.681. The number of ether oxygens (including phenoxy) is 1. The number of amides is 1. The van der Waals surface area contributed by atoms with Gasteiger partial charge in [0, 0.05) is 13.1 Å². The summed E-state index contributed by atoms with van der Waals surface area (Å²) in [5.41, 5.74) is 5.91. The first-order valence-electron chi connectivity index (χ1n) is 7.33. The molecule has 0 aromatic heterocycles. The van der Waals surface area contributed by atoms with E-state index in [-0.39, 0.29) is 24.9 Å². The van der Waals surface area contributed by atoms with Crippen LogP contribution in [0.3, 0.4) is 0 Å². The molecule has 0 fully saturated rings. The number of benzene rings is 1. The molecular weight excluding hydrogens is 304 g/mol. The normalized spacial score (nSPS) is 12.2. The average molecular weight is 331 g/mol. The van der Waals surface area contributed by atoms with Crippen molar-refractivity contribution in [3.8, 4) is 5.75 Å². The van der Waals surface area contributed by atoms with Gasteiger partial charge in [0.05, 0.1) is 18.6 Å². The summed E-state index contributed by atoms with van der Waals surface area (Å²) in [4.78, 5) is 12.3. The minimum Gasteiger partial charge on any atom is -0.497 e. The second kappa shape index (κ2) is 9.66. The molecule has 0 saturated heterocycles. The molecule has 1 rings (SSSR count). The van der Waals surface area contributed by atoms with Gasteiger partial charge in [-0.2, -0.15) is 0 Å². The summed E-state index contributed by atoms with van der Waals surface area (Å²) in [6.45, 7) is 4.37. The van der Waals surface area contributed by atoms with Crippen molar-refractivity contribution >= 4 is 18.3 Å². The molecule has 6 heteroatoms. The second-order valence-electron chi connectivity index (χ2n) is 5.19. The molecule has 1 atom stereocenters. The Morgan fingerprint density at radius 1 is 1.41 bits per heavy atom. The smallest absolute Gasteiger partial charge is 0.227 e. The zero-order valence-corrected chi connectivity index (χ0v) is 14.3. The van der Waals surface area contributed by atoms with Crippen molar-refractivity contribution in [2.75, 3.05) is 20.2 Å². The molecule has 1 aromatic rings. The fraction of sp³-hybridized carbons (Fsp3) is 0.562. The first-order valence-corrected chi connectivity index (χ1v) is 7.33. The first kappa shape index (κ1) is 20.7. The lowest BCUT2D eigenvalue weighted by Crippen LogP contribution is -2.46. The van der Waals surface area contributed by atoms with E-state index >= 15 is 0 Å². The summed E-state index contributed by atoms with van der Waals surface area (Å²) in [5, 5.41) is 13.0. The number of carbonyl (C=O) groups is 1. The number of rotatable bonds is 8. The van der Waals surface area contributed by atoms with Crippen molar-refractivity contribution < 1.29 is 14.6 Å². The Hall–Kier alpha value is -1.30. The summed E-state index contributed by atoms with van der Waals surface area (Å²) in [6.07, 6.45) is 0.593. The van der Waals surface area contributed by atoms with Crippen LogP contribution < -0.4 is 15.8 Å². The van der Waals surface area contributed by atoms with Crippen molar-refractivity contribution in [1.82, 2.24) is 5.32 Å². The third-order valence-corrected chi connectivity index (χ3v) is 4.16. The van der Waals surface area contributed by atoms with Gasteiger partial charge in [0.25, 0.3) is 0 Å². The fourth-order valence-electron chi connectivity index (χ4n) is 2.30. The van der Waals surface area contributed by atoms with E-state index in [2.05, 4.69) is 5.32 Å². The van der Waals surface area contributed by atoms with E-state index in [9.17, 15) is 9.90 Å². The van der Waals surface area contributed by atoms with E-state index in [0.29, 0.717) is 30.7 Å². The monoisotopic (exact) mass is 330 g/mol. The van der Waals surface area contributed by atoms with Crippen LogP contribution in [-0.2, 0) is 4.79 Å². The molecule has 0 aliphatic heterocycles. The predicted molar refractivity (Wildman–Crippen MR) is 90.3 cm³/mol. The molecule has 5 nitrogen and oxygen atoms in total. The Morgan fingerprint density at radius 2 is 2.05 bits per heavy atom. The molecule has 0 aliphatic carbocycles. The zero-order valence-electron chi connectivity index (χ0n) is 13.5. The molecule has 22 heavy (non-hydrogen) atoms. The third-order valence-electron chi connectivity index (χ3n) is 4.16. The van der Waals surface area contributed by atoms with Crippen molar-refractivity contribution in [1.29, 1.82) is 0 Å². The number of halogens is 1. The molecule has 0 heterocycles. The fourth-order valence-corrected chi connectivity index (χ4v) is 2.30. The minimum absolute atomic E-state index is 0. The SMILES string of the molecule is CCC(CC)(CN)C(=O)NCC(O)c1cccc(OC)c1.Cl. The highest BCUT2D eigenvalue weighted by Crippen LogP contribution is 2.25. The van der Waals surface area contributed by atoms with Crippen molar-refractivity contribution in [2.24, 2.45) is 11.1 Å². The van der Waals surface area contributed by atoms with Crippen LogP contribution in [0.15, 0.2) is 24.3 Å². The lowest BCUT2D eigenvalue weighted by molar-refractivity contribution is -0.131. The van der Waals surface area contributed by atoms with Gasteiger partial charge in [-0.25, -0.2) is 0 Å². The number of aliphatic hydroxyl groups is 1. The van der Waals surface area contributed by atoms with E-state index in [0.717, 1.165) is 0 Å². The second-order valence-corrected chi connectivity index (χ2v) is 5.19. The Labute approximate surface area is 138 Å². The van der Waals surface area contributed by atoms with Crippen molar-refractivity contribution in [2.45, 2.75) is 32.8 Å². The first-order chi connectivity index (χ1) is 10.0. The Kier molecular flexibility index (Phi) is 9.09. The van der Waals surface area contributed by atoms with Gasteiger partial charge in [-0.3, -0.25) is 4.79 Å². The summed E-state index contributed by atoms with van der Waals surface area (Å²) >= 11 is 0. The van der Waals surface area contributed by atoms with Crippen LogP contribution in [0.25, 0.3) is 0 Å². The van der Waals surface area contributed by atoms with Crippen molar-refractivity contribution in [3.63, 3.8) is 0 Å². The highest BCUT2D eigenvalue weighted by atomic mass is 35.5. The van der Waals surface area contributed by atoms with Gasteiger partial charge in [0.1, 0.15) is 5.75 Å². The maximum atomic E-state index is 12.3.